The van der Waals surface area contributed by atoms with Crippen LogP contribution >= 0.6 is 29.0 Å². The van der Waals surface area contributed by atoms with Gasteiger partial charge in [0.15, 0.2) is 11.2 Å². The van der Waals surface area contributed by atoms with Gasteiger partial charge in [0.05, 0.1) is 16.1 Å². The van der Waals surface area contributed by atoms with Crippen molar-refractivity contribution < 1.29 is 0 Å². The van der Waals surface area contributed by atoms with Gasteiger partial charge in [0.1, 0.15) is 0 Å². The van der Waals surface area contributed by atoms with E-state index in [1.54, 1.807) is 0 Å². The molecule has 0 amide bonds. The Bertz CT molecular complexity index is 677. The van der Waals surface area contributed by atoms with E-state index >= 15 is 0 Å². The number of hydrogen-bond acceptors (Lipinski definition) is 4. The Balaban J connectivity index is 3.26. The molecule has 0 saturated heterocycles. The summed E-state index contributed by atoms with van der Waals surface area (Å²) in [5.74, 6) is 0. The van der Waals surface area contributed by atoms with Gasteiger partial charge in [-0.15, -0.1) is 0 Å². The fourth-order valence-corrected chi connectivity index (χ4v) is 1.75. The number of imidazole rings is 1. The van der Waals surface area contributed by atoms with Crippen LogP contribution in [0.2, 0.25) is 0 Å². The van der Waals surface area contributed by atoms with Crippen molar-refractivity contribution in [3.8, 4) is 0 Å². The summed E-state index contributed by atoms with van der Waals surface area (Å²) in [6.45, 7) is 0. The molecule has 9 heteroatoms. The number of nitrogens with one attached hydrogen (secondary N) is 2. The zero-order chi connectivity index (χ0) is 10.5. The first-order valence-electron chi connectivity index (χ1n) is 3.38. The summed E-state index contributed by atoms with van der Waals surface area (Å²) in [4.78, 5) is 38.1. The molecular formula is C5H3BrN4O3S. The molecule has 2 N–H and O–H groups in total. The van der Waals surface area contributed by atoms with Crippen LogP contribution in [-0.4, -0.2) is 17.5 Å². The van der Waals surface area contributed by atoms with Gasteiger partial charge < -0.3 is 0 Å². The highest BCUT2D eigenvalue weighted by molar-refractivity contribution is 9.08. The van der Waals surface area contributed by atoms with Crippen LogP contribution in [0.4, 0.5) is 0 Å². The Kier molecular flexibility index (Phi) is 1.93. The molecule has 0 bridgehead atoms. The van der Waals surface area contributed by atoms with Crippen molar-refractivity contribution in [3.63, 3.8) is 0 Å². The molecule has 0 spiro atoms. The van der Waals surface area contributed by atoms with Gasteiger partial charge in [-0.2, -0.15) is 3.59 Å². The summed E-state index contributed by atoms with van der Waals surface area (Å²) < 4.78 is 1.52. The third kappa shape index (κ3) is 1.09. The summed E-state index contributed by atoms with van der Waals surface area (Å²) in [5.41, 5.74) is -1.88. The molecule has 0 atom stereocenters. The Morgan fingerprint density at radius 3 is 2.50 bits per heavy atom. The molecule has 0 fully saturated rings. The minimum Gasteiger partial charge on any atom is -0.300 e. The number of thiol groups is 1. The van der Waals surface area contributed by atoms with Crippen molar-refractivity contribution in [1.29, 1.82) is 0 Å². The fourth-order valence-electron chi connectivity index (χ4n) is 1.05. The van der Waals surface area contributed by atoms with Gasteiger partial charge in [0.2, 0.25) is 0 Å². The maximum Gasteiger partial charge on any atom is 0.353 e. The Morgan fingerprint density at radius 2 is 1.86 bits per heavy atom. The number of aromatic nitrogens is 4. The molecule has 0 aliphatic rings. The van der Waals surface area contributed by atoms with Crippen LogP contribution in [0.1, 0.15) is 0 Å². The summed E-state index contributed by atoms with van der Waals surface area (Å²) in [7, 11) is 0. The van der Waals surface area contributed by atoms with E-state index < -0.39 is 16.9 Å². The van der Waals surface area contributed by atoms with Crippen LogP contribution in [0.15, 0.2) is 14.4 Å². The van der Waals surface area contributed by atoms with Gasteiger partial charge in [0.25, 0.3) is 5.56 Å². The van der Waals surface area contributed by atoms with Gasteiger partial charge in [-0.1, -0.05) is 12.8 Å². The molecule has 2 heterocycles. The maximum absolute atomic E-state index is 11.4. The average molecular weight is 279 g/mol. The number of nitrogens with zero attached hydrogens (tertiary/aromatic N) is 2. The number of H-pyrrole nitrogens is 2. The highest BCUT2D eigenvalue weighted by Gasteiger charge is 2.12. The molecular weight excluding hydrogens is 276 g/mol. The zero-order valence-corrected chi connectivity index (χ0v) is 8.92. The average Bonchev–Trinajstić information content (AvgIpc) is 2.54. The predicted octanol–water partition coefficient (Wildman–Crippen LogP) is -0.970. The monoisotopic (exact) mass is 278 g/mol. The van der Waals surface area contributed by atoms with Crippen molar-refractivity contribution in [2.24, 2.45) is 0 Å². The lowest BCUT2D eigenvalue weighted by atomic mass is 10.5. The predicted molar refractivity (Wildman–Crippen MR) is 56.1 cm³/mol. The molecule has 0 unspecified atom stereocenters. The van der Waals surface area contributed by atoms with E-state index in [2.05, 4.69) is 38.9 Å². The van der Waals surface area contributed by atoms with Crippen molar-refractivity contribution in [3.05, 3.63) is 31.3 Å². The van der Waals surface area contributed by atoms with Crippen LogP contribution in [0, 0.1) is 0 Å². The third-order valence-corrected chi connectivity index (χ3v) is 2.66. The van der Waals surface area contributed by atoms with E-state index in [9.17, 15) is 14.4 Å². The highest BCUT2D eigenvalue weighted by Crippen LogP contribution is 1.99. The van der Waals surface area contributed by atoms with Gasteiger partial charge in [-0.05, 0) is 0 Å². The van der Waals surface area contributed by atoms with Crippen molar-refractivity contribution in [1.82, 2.24) is 17.5 Å². The Labute approximate surface area is 89.3 Å². The summed E-state index contributed by atoms with van der Waals surface area (Å²) in [6, 6.07) is 0. The minimum absolute atomic E-state index is 0.0125. The molecule has 0 aromatic carbocycles. The van der Waals surface area contributed by atoms with Crippen LogP contribution in [0.5, 0.6) is 0 Å². The number of hydrogen-bond donors (Lipinski definition) is 3. The quantitative estimate of drug-likeness (QED) is 0.542. The van der Waals surface area contributed by atoms with Crippen LogP contribution < -0.4 is 16.9 Å². The SMILES string of the molecule is O=c1[nH]c2c(=O)n(Br)c(=O)n(S)c2[nH]1. The van der Waals surface area contributed by atoms with Crippen LogP contribution in [-0.2, 0) is 0 Å². The Hall–Kier alpha value is -1.22. The number of rotatable bonds is 0. The molecule has 2 aromatic heterocycles. The number of aromatic amines is 2. The second-order valence-corrected chi connectivity index (χ2v) is 3.59. The van der Waals surface area contributed by atoms with Gasteiger partial charge in [0, 0.05) is 0 Å². The highest BCUT2D eigenvalue weighted by atomic mass is 79.9. The topological polar surface area (TPSA) is 92.7 Å². The molecule has 0 aliphatic carbocycles. The van der Waals surface area contributed by atoms with Crippen molar-refractivity contribution >= 4 is 40.1 Å². The molecule has 0 aliphatic heterocycles. The van der Waals surface area contributed by atoms with Gasteiger partial charge >= 0.3 is 11.4 Å². The fraction of sp³-hybridized carbons (Fsp3) is 0. The first-order chi connectivity index (χ1) is 6.52. The van der Waals surface area contributed by atoms with E-state index in [1.165, 1.54) is 0 Å². The van der Waals surface area contributed by atoms with Crippen LogP contribution in [0.25, 0.3) is 11.2 Å². The molecule has 14 heavy (non-hydrogen) atoms. The second-order valence-electron chi connectivity index (χ2n) is 2.48. The van der Waals surface area contributed by atoms with E-state index in [0.29, 0.717) is 3.59 Å². The van der Waals surface area contributed by atoms with Gasteiger partial charge in [-0.3, -0.25) is 14.8 Å². The lowest BCUT2D eigenvalue weighted by Crippen LogP contribution is -2.32. The molecule has 2 aromatic rings. The number of fused-ring (bicyclic) bond motifs is 1. The molecule has 74 valence electrons. The largest absolute Gasteiger partial charge is 0.353 e. The van der Waals surface area contributed by atoms with Crippen LogP contribution in [0.3, 0.4) is 0 Å². The number of halogens is 1. The summed E-state index contributed by atoms with van der Waals surface area (Å²) in [5, 5.41) is 0. The van der Waals surface area contributed by atoms with E-state index in [4.69, 9.17) is 0 Å². The zero-order valence-electron chi connectivity index (χ0n) is 6.44. The molecule has 7 nitrogen and oxygen atoms in total. The molecule has 2 rings (SSSR count). The van der Waals surface area contributed by atoms with E-state index in [0.717, 1.165) is 3.97 Å². The van der Waals surface area contributed by atoms with E-state index in [1.807, 2.05) is 0 Å². The normalized spacial score (nSPS) is 11.0. The van der Waals surface area contributed by atoms with Gasteiger partial charge in [-0.25, -0.2) is 13.6 Å². The minimum atomic E-state index is -0.693. The van der Waals surface area contributed by atoms with E-state index in [-0.39, 0.29) is 11.2 Å². The smallest absolute Gasteiger partial charge is 0.300 e. The van der Waals surface area contributed by atoms with Crippen molar-refractivity contribution in [2.75, 3.05) is 0 Å². The Morgan fingerprint density at radius 1 is 1.21 bits per heavy atom. The standard InChI is InChI=1S/C5H3BrN4O3S/c6-9-3(11)1-2(8-4(12)7-1)10(14)5(9)13/h14H,(H2,7,8,12). The second kappa shape index (κ2) is 2.89. The molecule has 0 saturated carbocycles. The summed E-state index contributed by atoms with van der Waals surface area (Å²) in [6.07, 6.45) is 0. The maximum atomic E-state index is 11.4. The lowest BCUT2D eigenvalue weighted by Gasteiger charge is -1.98. The van der Waals surface area contributed by atoms with Crippen molar-refractivity contribution in [2.45, 2.75) is 0 Å². The third-order valence-electron chi connectivity index (χ3n) is 1.66. The first kappa shape index (κ1) is 9.34. The lowest BCUT2D eigenvalue weighted by molar-refractivity contribution is 0.991. The summed E-state index contributed by atoms with van der Waals surface area (Å²) >= 11 is 6.56. The molecule has 0 radical (unpaired) electrons. The first-order valence-corrected chi connectivity index (χ1v) is 4.49.